The molecule has 5 heteroatoms. The number of likely N-dealkylation sites (tertiary alicyclic amines) is 2. The van der Waals surface area contributed by atoms with Crippen LogP contribution in [0.4, 0.5) is 0 Å². The van der Waals surface area contributed by atoms with E-state index < -0.39 is 0 Å². The largest absolute Gasteiger partial charge is 0.494 e. The molecule has 1 aromatic rings. The Morgan fingerprint density at radius 3 is 2.19 bits per heavy atom. The number of ether oxygens (including phenoxy) is 2. The fourth-order valence-electron chi connectivity index (χ4n) is 4.42. The van der Waals surface area contributed by atoms with Gasteiger partial charge >= 0.3 is 0 Å². The summed E-state index contributed by atoms with van der Waals surface area (Å²) in [5.74, 6) is 2.06. The van der Waals surface area contributed by atoms with Crippen molar-refractivity contribution in [1.82, 2.24) is 9.80 Å². The quantitative estimate of drug-likeness (QED) is 0.695. The van der Waals surface area contributed by atoms with Gasteiger partial charge < -0.3 is 14.4 Å². The summed E-state index contributed by atoms with van der Waals surface area (Å²) < 4.78 is 11.6. The second kappa shape index (κ2) is 8.96. The molecule has 0 aromatic heterocycles. The number of carbonyl (C=O) groups excluding carboxylic acids is 1. The molecule has 1 amide bonds. The number of amides is 1. The van der Waals surface area contributed by atoms with E-state index in [2.05, 4.69) is 30.6 Å². The van der Waals surface area contributed by atoms with Gasteiger partial charge in [-0.15, -0.1) is 0 Å². The van der Waals surface area contributed by atoms with Crippen molar-refractivity contribution in [2.45, 2.75) is 64.5 Å². The Morgan fingerprint density at radius 2 is 1.59 bits per heavy atom. The van der Waals surface area contributed by atoms with Crippen LogP contribution in [-0.4, -0.2) is 60.1 Å². The van der Waals surface area contributed by atoms with Gasteiger partial charge in [-0.2, -0.15) is 0 Å². The lowest BCUT2D eigenvalue weighted by atomic mass is 9.85. The van der Waals surface area contributed by atoms with E-state index in [0.29, 0.717) is 12.5 Å². The standard InChI is InChI=1S/C22H34N2O3/c1-4-16-26-19-7-9-20(10-8-19)27-17-15-23-13-5-11-22(23)12-6-14-24(18(2)3)21(22)25/h7-10,18H,4-6,11-17H2,1-3H3. The number of piperidine rings is 1. The Morgan fingerprint density at radius 1 is 1.00 bits per heavy atom. The van der Waals surface area contributed by atoms with Gasteiger partial charge in [-0.25, -0.2) is 0 Å². The predicted molar refractivity (Wildman–Crippen MR) is 107 cm³/mol. The summed E-state index contributed by atoms with van der Waals surface area (Å²) >= 11 is 0. The van der Waals surface area contributed by atoms with Crippen LogP contribution in [0.2, 0.25) is 0 Å². The van der Waals surface area contributed by atoms with Crippen LogP contribution in [-0.2, 0) is 4.79 Å². The highest BCUT2D eigenvalue weighted by Crippen LogP contribution is 2.38. The van der Waals surface area contributed by atoms with Crippen molar-refractivity contribution < 1.29 is 14.3 Å². The van der Waals surface area contributed by atoms with E-state index in [-0.39, 0.29) is 11.6 Å². The Bertz CT molecular complexity index is 616. The molecule has 2 aliphatic heterocycles. The monoisotopic (exact) mass is 374 g/mol. The van der Waals surface area contributed by atoms with Crippen molar-refractivity contribution in [2.24, 2.45) is 0 Å². The van der Waals surface area contributed by atoms with E-state index in [4.69, 9.17) is 9.47 Å². The zero-order valence-corrected chi connectivity index (χ0v) is 17.1. The van der Waals surface area contributed by atoms with Gasteiger partial charge in [0.05, 0.1) is 6.61 Å². The third-order valence-corrected chi connectivity index (χ3v) is 5.82. The van der Waals surface area contributed by atoms with Crippen LogP contribution < -0.4 is 9.47 Å². The topological polar surface area (TPSA) is 42.0 Å². The molecule has 0 aliphatic carbocycles. The molecule has 0 bridgehead atoms. The molecule has 2 saturated heterocycles. The van der Waals surface area contributed by atoms with Crippen LogP contribution in [0, 0.1) is 0 Å². The third kappa shape index (κ3) is 4.40. The molecule has 2 aliphatic rings. The lowest BCUT2D eigenvalue weighted by molar-refractivity contribution is -0.149. The predicted octanol–water partition coefficient (Wildman–Crippen LogP) is 3.72. The molecule has 2 fully saturated rings. The number of benzene rings is 1. The normalized spacial score (nSPS) is 23.4. The smallest absolute Gasteiger partial charge is 0.243 e. The Hall–Kier alpha value is -1.75. The third-order valence-electron chi connectivity index (χ3n) is 5.82. The average molecular weight is 375 g/mol. The summed E-state index contributed by atoms with van der Waals surface area (Å²) in [4.78, 5) is 17.6. The zero-order valence-electron chi connectivity index (χ0n) is 17.1. The maximum absolute atomic E-state index is 13.2. The van der Waals surface area contributed by atoms with Crippen molar-refractivity contribution in [3.8, 4) is 11.5 Å². The van der Waals surface area contributed by atoms with Crippen LogP contribution in [0.25, 0.3) is 0 Å². The number of nitrogens with zero attached hydrogens (tertiary/aromatic N) is 2. The average Bonchev–Trinajstić information content (AvgIpc) is 3.06. The molecule has 1 atom stereocenters. The number of carbonyl (C=O) groups is 1. The van der Waals surface area contributed by atoms with E-state index in [0.717, 1.165) is 69.8 Å². The minimum absolute atomic E-state index is 0.279. The van der Waals surface area contributed by atoms with Gasteiger partial charge in [0.1, 0.15) is 23.6 Å². The van der Waals surface area contributed by atoms with Gasteiger partial charge in [0.15, 0.2) is 0 Å². The van der Waals surface area contributed by atoms with Crippen molar-refractivity contribution in [3.05, 3.63) is 24.3 Å². The first kappa shape index (κ1) is 20.0. The lowest BCUT2D eigenvalue weighted by Crippen LogP contribution is -2.61. The molecule has 0 N–H and O–H groups in total. The van der Waals surface area contributed by atoms with Crippen molar-refractivity contribution in [2.75, 3.05) is 32.8 Å². The SMILES string of the molecule is CCCOc1ccc(OCCN2CCCC23CCCN(C(C)C)C3=O)cc1. The summed E-state index contributed by atoms with van der Waals surface area (Å²) in [6.45, 7) is 10.4. The highest BCUT2D eigenvalue weighted by molar-refractivity contribution is 5.87. The maximum Gasteiger partial charge on any atom is 0.243 e. The molecule has 1 spiro atoms. The molecule has 150 valence electrons. The number of hydrogen-bond donors (Lipinski definition) is 0. The van der Waals surface area contributed by atoms with E-state index in [1.165, 1.54) is 0 Å². The van der Waals surface area contributed by atoms with Gasteiger partial charge in [-0.1, -0.05) is 6.92 Å². The number of rotatable bonds is 8. The maximum atomic E-state index is 13.2. The first-order chi connectivity index (χ1) is 13.1. The lowest BCUT2D eigenvalue weighted by Gasteiger charge is -2.46. The molecular formula is C22H34N2O3. The Labute approximate surface area is 163 Å². The summed E-state index contributed by atoms with van der Waals surface area (Å²) in [6.07, 6.45) is 5.17. The fraction of sp³-hybridized carbons (Fsp3) is 0.682. The molecular weight excluding hydrogens is 340 g/mol. The minimum atomic E-state index is -0.288. The van der Waals surface area contributed by atoms with Crippen molar-refractivity contribution in [1.29, 1.82) is 0 Å². The molecule has 27 heavy (non-hydrogen) atoms. The Balaban J connectivity index is 1.55. The summed E-state index contributed by atoms with van der Waals surface area (Å²) in [5, 5.41) is 0. The fourth-order valence-corrected chi connectivity index (χ4v) is 4.42. The zero-order chi connectivity index (χ0) is 19.3. The van der Waals surface area contributed by atoms with Crippen molar-refractivity contribution in [3.63, 3.8) is 0 Å². The van der Waals surface area contributed by atoms with Crippen LogP contribution in [0.5, 0.6) is 11.5 Å². The summed E-state index contributed by atoms with van der Waals surface area (Å²) in [6, 6.07) is 8.09. The van der Waals surface area contributed by atoms with Crippen LogP contribution >= 0.6 is 0 Å². The van der Waals surface area contributed by atoms with E-state index in [1.54, 1.807) is 0 Å². The Kier molecular flexibility index (Phi) is 6.64. The van der Waals surface area contributed by atoms with E-state index >= 15 is 0 Å². The van der Waals surface area contributed by atoms with E-state index in [9.17, 15) is 4.79 Å². The van der Waals surface area contributed by atoms with Gasteiger partial charge in [-0.3, -0.25) is 9.69 Å². The highest BCUT2D eigenvalue weighted by Gasteiger charge is 2.50. The molecule has 0 saturated carbocycles. The van der Waals surface area contributed by atoms with Gasteiger partial charge in [-0.05, 0) is 76.8 Å². The summed E-state index contributed by atoms with van der Waals surface area (Å²) in [5.41, 5.74) is -0.288. The van der Waals surface area contributed by atoms with Crippen LogP contribution in [0.3, 0.4) is 0 Å². The van der Waals surface area contributed by atoms with Crippen LogP contribution in [0.15, 0.2) is 24.3 Å². The van der Waals surface area contributed by atoms with Crippen molar-refractivity contribution >= 4 is 5.91 Å². The molecule has 2 heterocycles. The second-order valence-corrected chi connectivity index (χ2v) is 7.99. The minimum Gasteiger partial charge on any atom is -0.494 e. The van der Waals surface area contributed by atoms with Gasteiger partial charge in [0.25, 0.3) is 0 Å². The first-order valence-corrected chi connectivity index (χ1v) is 10.5. The molecule has 5 nitrogen and oxygen atoms in total. The first-order valence-electron chi connectivity index (χ1n) is 10.5. The molecule has 1 unspecified atom stereocenters. The second-order valence-electron chi connectivity index (χ2n) is 7.99. The van der Waals surface area contributed by atoms with E-state index in [1.807, 2.05) is 24.3 Å². The molecule has 1 aromatic carbocycles. The molecule has 0 radical (unpaired) electrons. The van der Waals surface area contributed by atoms with Gasteiger partial charge in [0, 0.05) is 19.1 Å². The molecule has 3 rings (SSSR count). The van der Waals surface area contributed by atoms with Crippen LogP contribution in [0.1, 0.15) is 52.9 Å². The number of hydrogen-bond acceptors (Lipinski definition) is 4. The highest BCUT2D eigenvalue weighted by atomic mass is 16.5. The summed E-state index contributed by atoms with van der Waals surface area (Å²) in [7, 11) is 0. The van der Waals surface area contributed by atoms with Gasteiger partial charge in [0.2, 0.25) is 5.91 Å².